The van der Waals surface area contributed by atoms with Crippen LogP contribution in [0.15, 0.2) is 24.8 Å². The van der Waals surface area contributed by atoms with Crippen LogP contribution in [0.5, 0.6) is 0 Å². The van der Waals surface area contributed by atoms with E-state index in [0.717, 1.165) is 62.9 Å². The van der Waals surface area contributed by atoms with E-state index in [9.17, 15) is 68.3 Å². The van der Waals surface area contributed by atoms with Gasteiger partial charge in [-0.3, -0.25) is 38.5 Å². The van der Waals surface area contributed by atoms with E-state index >= 15 is 0 Å². The van der Waals surface area contributed by atoms with Gasteiger partial charge in [-0.05, 0) is 167 Å². The number of ether oxygens (including phenoxy) is 1. The zero-order valence-corrected chi connectivity index (χ0v) is 76.5. The minimum absolute atomic E-state index is 0. The maximum atomic E-state index is 13.7. The van der Waals surface area contributed by atoms with Gasteiger partial charge < -0.3 is 24.3 Å². The van der Waals surface area contributed by atoms with Gasteiger partial charge in [-0.2, -0.15) is 23.4 Å². The van der Waals surface area contributed by atoms with Gasteiger partial charge >= 0.3 is 19.3 Å². The number of rotatable bonds is 16. The molecule has 492 valence electrons. The molecule has 1 saturated heterocycles. The molecule has 8 rings (SSSR count). The Hall–Kier alpha value is 1.73. The average Bonchev–Trinajstić information content (AvgIpc) is 4.11. The molecule has 0 spiro atoms. The topological polar surface area (TPSA) is 217 Å². The Labute approximate surface area is 643 Å². The molecule has 1 aliphatic heterocycles. The number of hydrogen-bond acceptors (Lipinski definition) is 12. The average molecular weight is 2510 g/mol. The first-order valence-electron chi connectivity index (χ1n) is 26.8. The van der Waals surface area contributed by atoms with E-state index in [0.29, 0.717) is 38.5 Å². The van der Waals surface area contributed by atoms with Crippen molar-refractivity contribution < 1.29 is 248 Å². The second kappa shape index (κ2) is 42.4. The normalized spacial score (nSPS) is 18.4. The molecular formula is C55H86BBr2F9N4O11U5. The fourth-order valence-corrected chi connectivity index (χ4v) is 7.57. The number of halogens is 11. The van der Waals surface area contributed by atoms with E-state index in [1.807, 2.05) is 54.7 Å². The van der Waals surface area contributed by atoms with Crippen LogP contribution in [0.2, 0.25) is 0 Å². The summed E-state index contributed by atoms with van der Waals surface area (Å²) in [6.45, 7) is 25.2. The Bertz CT molecular complexity index is 2270. The molecule has 87 heavy (non-hydrogen) atoms. The fraction of sp³-hybridized carbons (Fsp3) is 0.782. The van der Waals surface area contributed by atoms with Crippen LogP contribution in [0.1, 0.15) is 173 Å². The van der Waals surface area contributed by atoms with Crippen LogP contribution in [-0.2, 0) is 49.4 Å². The van der Waals surface area contributed by atoms with Gasteiger partial charge in [0.25, 0.3) is 17.8 Å². The van der Waals surface area contributed by atoms with Gasteiger partial charge in [0.2, 0.25) is 0 Å². The Morgan fingerprint density at radius 2 is 1.03 bits per heavy atom. The first-order chi connectivity index (χ1) is 37.2. The number of aromatic nitrogens is 4. The number of H-pyrrole nitrogens is 1. The molecule has 0 amide bonds. The smallest absolute Gasteiger partial charge is 0.481 e. The van der Waals surface area contributed by atoms with Gasteiger partial charge in [-0.15, -0.1) is 0 Å². The predicted molar refractivity (Wildman–Crippen MR) is 300 cm³/mol. The van der Waals surface area contributed by atoms with Crippen LogP contribution in [0.3, 0.4) is 0 Å². The number of nitrogens with zero attached hydrogens (tertiary/aromatic N) is 3. The Morgan fingerprint density at radius 1 is 0.644 bits per heavy atom. The van der Waals surface area contributed by atoms with Crippen molar-refractivity contribution in [1.29, 1.82) is 0 Å². The van der Waals surface area contributed by atoms with Crippen molar-refractivity contribution >= 4 is 79.3 Å². The first kappa shape index (κ1) is 99.8. The minimum atomic E-state index is -4.57. The molecule has 6 aliphatic rings. The number of carbonyl (C=O) groups is 6. The Morgan fingerprint density at radius 3 is 1.16 bits per heavy atom. The van der Waals surface area contributed by atoms with Crippen molar-refractivity contribution in [2.75, 3.05) is 30.5 Å². The number of aryl methyl sites for hydroxylation is 1. The maximum absolute atomic E-state index is 13.7. The number of carboxylic acid groups (broad SMARTS) is 1. The van der Waals surface area contributed by atoms with E-state index < -0.39 is 75.3 Å². The van der Waals surface area contributed by atoms with Crippen molar-refractivity contribution in [2.45, 2.75) is 216 Å². The van der Waals surface area contributed by atoms with Crippen molar-refractivity contribution in [3.05, 3.63) is 30.4 Å². The number of ketones is 5. The van der Waals surface area contributed by atoms with E-state index in [4.69, 9.17) is 24.3 Å². The Kier molecular flexibility index (Phi) is 48.7. The molecule has 6 fully saturated rings. The molecular weight excluding hydrogens is 2420 g/mol. The predicted octanol–water partition coefficient (Wildman–Crippen LogP) is 12.5. The van der Waals surface area contributed by atoms with Crippen LogP contribution in [0.25, 0.3) is 0 Å². The molecule has 0 radical (unpaired) electrons. The van der Waals surface area contributed by atoms with Crippen LogP contribution in [0, 0.1) is 190 Å². The number of alkyl halides is 11. The van der Waals surface area contributed by atoms with E-state index in [1.165, 1.54) is 40.2 Å². The largest absolute Gasteiger partial charge is 0.498 e. The molecule has 0 unspecified atom stereocenters. The third-order valence-electron chi connectivity index (χ3n) is 15.2. The minimum Gasteiger partial charge on any atom is -0.481 e. The second-order valence-electron chi connectivity index (χ2n) is 22.7. The van der Waals surface area contributed by atoms with E-state index in [2.05, 4.69) is 47.2 Å². The zero-order valence-electron chi connectivity index (χ0n) is 52.5. The van der Waals surface area contributed by atoms with Crippen molar-refractivity contribution in [2.24, 2.45) is 27.1 Å². The summed E-state index contributed by atoms with van der Waals surface area (Å²) in [5.74, 6) is -10.4. The molecule has 32 heteroatoms. The number of aliphatic hydroxyl groups is 1. The third-order valence-corrected chi connectivity index (χ3v) is 17.0. The SMILES string of the molecule is BrCCBr.CC(=O)C1(C(C)(F)F)CC1.CC(=O)C1(C(C)=O)CC1.CC(=O)CC(C)=O.CC(F)(F)C1(CO)CC1.CC(F)(F)C1(Cn2cc(B3OC(C)(C)C(C)(C)O3)cn2)CC1.CCOCC.Cc1cn[nH]c1.O=C(O)C1(C(F)(F)F)CC1.[U].[U].[U].[U].[U]. The standard InChI is InChI=1S/C15H23BF2N2O2.C7H10F2O.C7H10O2.C6H10F2O.C5H5F3O2.C5H8O2.C4H6N2.C4H10O.C2H4Br2.5U/c1-12(2)13(3,4)22-16(21-12)11-8-19-20(9-11)10-15(6-7-15)14(5,17)18;1-5(10)7(3-4-7)6(2,8)9;1-5(8)7(3-4-7)6(2)9;1-5(7,8)6(4-9)2-3-6;6-5(7,8)4(1-2-4)3(9)10;1-4(6)3-5(2)7;1-4-2-5-6-3-4;1-3-5-4-2;3-1-2-4;;;;;/h8-9H,6-7,10H2,1-5H3;3-4H2,1-2H3;3-4H2,1-2H3;9H,2-4H2,1H3;1-2H2,(H,9,10);3H2,1-2H3;2-3H,1H3,(H,5,6);3-4H2,1-2H3;1-2H2;;;;;. The van der Waals surface area contributed by atoms with Gasteiger partial charge in [-0.25, -0.2) is 26.3 Å². The summed E-state index contributed by atoms with van der Waals surface area (Å²) in [6.07, 6.45) is 6.27. The van der Waals surface area contributed by atoms with Gasteiger partial charge in [0.05, 0.1) is 58.6 Å². The molecule has 0 atom stereocenters. The molecule has 0 aromatic carbocycles. The number of hydrogen-bond donors (Lipinski definition) is 3. The fourth-order valence-electron chi connectivity index (χ4n) is 7.57. The van der Waals surface area contributed by atoms with E-state index in [1.54, 1.807) is 23.3 Å². The monoisotopic (exact) mass is 2510 g/mol. The molecule has 3 heterocycles. The summed E-state index contributed by atoms with van der Waals surface area (Å²) in [4.78, 5) is 62.3. The number of aliphatic carboxylic acids is 1. The molecule has 5 aliphatic carbocycles. The summed E-state index contributed by atoms with van der Waals surface area (Å²) in [5.41, 5.74) is -5.09. The molecule has 5 saturated carbocycles. The number of Topliss-reactive ketones (excluding diaryl/α,β-unsaturated/α-hetero) is 5. The molecule has 3 N–H and O–H groups in total. The van der Waals surface area contributed by atoms with Crippen molar-refractivity contribution in [1.82, 2.24) is 20.0 Å². The number of aliphatic hydroxyl groups excluding tert-OH is 1. The molecule has 15 nitrogen and oxygen atoms in total. The third kappa shape index (κ3) is 32.6. The number of carbonyl (C=O) groups excluding carboxylic acids is 5. The zero-order chi connectivity index (χ0) is 64.4. The van der Waals surface area contributed by atoms with Crippen LogP contribution in [-0.4, -0.2) is 138 Å². The van der Waals surface area contributed by atoms with Gasteiger partial charge in [0, 0.05) is 210 Å². The number of nitrogens with one attached hydrogen (secondary N) is 1. The summed E-state index contributed by atoms with van der Waals surface area (Å²) in [7, 11) is -0.504. The van der Waals surface area contributed by atoms with Crippen molar-refractivity contribution in [3.63, 3.8) is 0 Å². The van der Waals surface area contributed by atoms with Crippen LogP contribution >= 0.6 is 31.9 Å². The van der Waals surface area contributed by atoms with Crippen LogP contribution in [0.4, 0.5) is 39.5 Å². The molecule has 2 aromatic heterocycles. The van der Waals surface area contributed by atoms with E-state index in [-0.39, 0.29) is 217 Å². The van der Waals surface area contributed by atoms with Gasteiger partial charge in [0.15, 0.2) is 5.41 Å². The summed E-state index contributed by atoms with van der Waals surface area (Å²) < 4.78 is 131. The van der Waals surface area contributed by atoms with Gasteiger partial charge in [0.1, 0.15) is 28.9 Å². The quantitative estimate of drug-likeness (QED) is 0.0618. The van der Waals surface area contributed by atoms with Crippen molar-refractivity contribution in [3.8, 4) is 0 Å². The van der Waals surface area contributed by atoms with Gasteiger partial charge in [-0.1, -0.05) is 31.9 Å². The number of carboxylic acids is 1. The summed E-state index contributed by atoms with van der Waals surface area (Å²) in [6, 6.07) is 0. The second-order valence-corrected chi connectivity index (χ2v) is 24.3. The number of aromatic amines is 1. The van der Waals surface area contributed by atoms with Crippen LogP contribution < -0.4 is 5.46 Å². The first-order valence-corrected chi connectivity index (χ1v) is 29.1. The summed E-state index contributed by atoms with van der Waals surface area (Å²) in [5, 5.41) is 29.3. The molecule has 2 aromatic rings. The maximum Gasteiger partial charge on any atom is 0.498 e. The Balaban J connectivity index is -0.000000221. The summed E-state index contributed by atoms with van der Waals surface area (Å²) >= 11 is 6.40. The molecule has 0 bridgehead atoms.